The zero-order valence-corrected chi connectivity index (χ0v) is 17.3. The van der Waals surface area contributed by atoms with Gasteiger partial charge < -0.3 is 10.1 Å². The number of fused-ring (bicyclic) bond motifs is 1. The number of rotatable bonds is 4. The third-order valence-electron chi connectivity index (χ3n) is 5.00. The standard InChI is InChI=1S/C22H21N3O3S/c1-13-5-4-6-17(14(13)2)24-21(26)10-25-19-9-16(18-12-29-15(3)23-18)7-8-20(19)28-11-22(25)27/h4-9,12H,10-11H2,1-3H3,(H,24,26). The first-order chi connectivity index (χ1) is 13.9. The summed E-state index contributed by atoms with van der Waals surface area (Å²) >= 11 is 1.57. The molecule has 0 atom stereocenters. The highest BCUT2D eigenvalue weighted by Crippen LogP contribution is 2.36. The largest absolute Gasteiger partial charge is 0.482 e. The Kier molecular flexibility index (Phi) is 5.07. The van der Waals surface area contributed by atoms with Gasteiger partial charge in [0.15, 0.2) is 6.61 Å². The second-order valence-corrected chi connectivity index (χ2v) is 8.06. The molecule has 2 heterocycles. The summed E-state index contributed by atoms with van der Waals surface area (Å²) in [6, 6.07) is 11.3. The molecule has 2 amide bonds. The minimum absolute atomic E-state index is 0.0812. The van der Waals surface area contributed by atoms with Crippen molar-refractivity contribution in [1.29, 1.82) is 0 Å². The molecule has 0 saturated heterocycles. The molecular weight excluding hydrogens is 386 g/mol. The lowest BCUT2D eigenvalue weighted by molar-refractivity contribution is -0.123. The van der Waals surface area contributed by atoms with E-state index in [2.05, 4.69) is 10.3 Å². The monoisotopic (exact) mass is 407 g/mol. The Bertz CT molecular complexity index is 1110. The predicted octanol–water partition coefficient (Wildman–Crippen LogP) is 4.10. The van der Waals surface area contributed by atoms with Crippen molar-refractivity contribution >= 4 is 34.5 Å². The van der Waals surface area contributed by atoms with Gasteiger partial charge in [0.05, 0.1) is 16.4 Å². The average Bonchev–Trinajstić information content (AvgIpc) is 3.14. The predicted molar refractivity (Wildman–Crippen MR) is 115 cm³/mol. The van der Waals surface area contributed by atoms with E-state index in [1.165, 1.54) is 4.90 Å². The number of carbonyl (C=O) groups is 2. The fourth-order valence-corrected chi connectivity index (χ4v) is 3.87. The second kappa shape index (κ2) is 7.67. The molecular formula is C22H21N3O3S. The number of anilines is 2. The molecule has 1 aliphatic rings. The van der Waals surface area contributed by atoms with Gasteiger partial charge in [-0.2, -0.15) is 0 Å². The first-order valence-electron chi connectivity index (χ1n) is 9.28. The molecule has 0 aliphatic carbocycles. The molecule has 3 aromatic rings. The lowest BCUT2D eigenvalue weighted by Crippen LogP contribution is -2.43. The number of amides is 2. The molecule has 0 saturated carbocycles. The van der Waals surface area contributed by atoms with Crippen LogP contribution in [0.1, 0.15) is 16.1 Å². The van der Waals surface area contributed by atoms with Crippen LogP contribution in [0, 0.1) is 20.8 Å². The number of thiazole rings is 1. The van der Waals surface area contributed by atoms with E-state index in [0.717, 1.165) is 33.1 Å². The minimum atomic E-state index is -0.255. The van der Waals surface area contributed by atoms with E-state index in [-0.39, 0.29) is 25.0 Å². The van der Waals surface area contributed by atoms with Crippen LogP contribution in [-0.4, -0.2) is 29.9 Å². The SMILES string of the molecule is Cc1nc(-c2ccc3c(c2)N(CC(=O)Nc2cccc(C)c2C)C(=O)CO3)cs1. The van der Waals surface area contributed by atoms with Crippen LogP contribution in [0.2, 0.25) is 0 Å². The average molecular weight is 407 g/mol. The van der Waals surface area contributed by atoms with Crippen molar-refractivity contribution in [1.82, 2.24) is 4.98 Å². The van der Waals surface area contributed by atoms with Crippen LogP contribution in [0.3, 0.4) is 0 Å². The molecule has 0 bridgehead atoms. The maximum absolute atomic E-state index is 12.7. The highest BCUT2D eigenvalue weighted by molar-refractivity contribution is 7.09. The summed E-state index contributed by atoms with van der Waals surface area (Å²) < 4.78 is 5.56. The number of hydrogen-bond donors (Lipinski definition) is 1. The molecule has 7 heteroatoms. The summed E-state index contributed by atoms with van der Waals surface area (Å²) in [5, 5.41) is 5.85. The first-order valence-corrected chi connectivity index (χ1v) is 10.2. The number of aromatic nitrogens is 1. The van der Waals surface area contributed by atoms with Crippen LogP contribution in [0.4, 0.5) is 11.4 Å². The third kappa shape index (κ3) is 3.86. The fourth-order valence-electron chi connectivity index (χ4n) is 3.25. The molecule has 0 radical (unpaired) electrons. The maximum Gasteiger partial charge on any atom is 0.265 e. The summed E-state index contributed by atoms with van der Waals surface area (Å²) in [6.45, 7) is 5.74. The van der Waals surface area contributed by atoms with Gasteiger partial charge in [0.1, 0.15) is 12.3 Å². The molecule has 4 rings (SSSR count). The van der Waals surface area contributed by atoms with Crippen molar-refractivity contribution in [2.75, 3.05) is 23.4 Å². The van der Waals surface area contributed by atoms with E-state index in [1.807, 2.05) is 62.5 Å². The van der Waals surface area contributed by atoms with Crippen LogP contribution in [0.5, 0.6) is 5.75 Å². The van der Waals surface area contributed by atoms with Crippen molar-refractivity contribution in [2.45, 2.75) is 20.8 Å². The summed E-state index contributed by atoms with van der Waals surface area (Å²) in [6.07, 6.45) is 0. The Balaban J connectivity index is 1.60. The van der Waals surface area contributed by atoms with Crippen LogP contribution < -0.4 is 15.0 Å². The maximum atomic E-state index is 12.7. The lowest BCUT2D eigenvalue weighted by Gasteiger charge is -2.29. The van der Waals surface area contributed by atoms with Gasteiger partial charge in [-0.1, -0.05) is 12.1 Å². The molecule has 1 aliphatic heterocycles. The molecule has 0 unspecified atom stereocenters. The normalized spacial score (nSPS) is 13.1. The van der Waals surface area contributed by atoms with E-state index in [1.54, 1.807) is 11.3 Å². The van der Waals surface area contributed by atoms with Crippen molar-refractivity contribution in [3.05, 3.63) is 57.9 Å². The van der Waals surface area contributed by atoms with Gasteiger partial charge in [-0.3, -0.25) is 14.5 Å². The molecule has 6 nitrogen and oxygen atoms in total. The van der Waals surface area contributed by atoms with E-state index >= 15 is 0 Å². The fraction of sp³-hybridized carbons (Fsp3) is 0.227. The lowest BCUT2D eigenvalue weighted by atomic mass is 10.1. The van der Waals surface area contributed by atoms with Gasteiger partial charge in [-0.05, 0) is 56.2 Å². The Hall–Kier alpha value is -3.19. The van der Waals surface area contributed by atoms with E-state index < -0.39 is 0 Å². The third-order valence-corrected chi connectivity index (χ3v) is 5.77. The van der Waals surface area contributed by atoms with Crippen molar-refractivity contribution < 1.29 is 14.3 Å². The second-order valence-electron chi connectivity index (χ2n) is 7.00. The quantitative estimate of drug-likeness (QED) is 0.707. The molecule has 29 heavy (non-hydrogen) atoms. The number of hydrogen-bond acceptors (Lipinski definition) is 5. The van der Waals surface area contributed by atoms with E-state index in [4.69, 9.17) is 4.74 Å². The molecule has 1 aromatic heterocycles. The summed E-state index contributed by atoms with van der Waals surface area (Å²) in [7, 11) is 0. The molecule has 0 fully saturated rings. The Morgan fingerprint density at radius 3 is 2.83 bits per heavy atom. The van der Waals surface area contributed by atoms with Gasteiger partial charge >= 0.3 is 0 Å². The topological polar surface area (TPSA) is 71.5 Å². The summed E-state index contributed by atoms with van der Waals surface area (Å²) in [5.41, 5.74) is 5.16. The number of nitrogens with one attached hydrogen (secondary N) is 1. The van der Waals surface area contributed by atoms with Crippen LogP contribution in [-0.2, 0) is 9.59 Å². The van der Waals surface area contributed by atoms with Gasteiger partial charge in [0.25, 0.3) is 5.91 Å². The zero-order valence-electron chi connectivity index (χ0n) is 16.5. The Labute approximate surface area is 173 Å². The van der Waals surface area contributed by atoms with Crippen LogP contribution in [0.15, 0.2) is 41.8 Å². The Morgan fingerprint density at radius 1 is 1.24 bits per heavy atom. The highest BCUT2D eigenvalue weighted by atomic mass is 32.1. The number of nitrogens with zero attached hydrogens (tertiary/aromatic N) is 2. The number of aryl methyl sites for hydroxylation is 2. The van der Waals surface area contributed by atoms with Gasteiger partial charge in [-0.15, -0.1) is 11.3 Å². The highest BCUT2D eigenvalue weighted by Gasteiger charge is 2.28. The minimum Gasteiger partial charge on any atom is -0.482 e. The summed E-state index contributed by atoms with van der Waals surface area (Å²) in [4.78, 5) is 31.2. The molecule has 0 spiro atoms. The van der Waals surface area contributed by atoms with Crippen LogP contribution in [0.25, 0.3) is 11.3 Å². The summed E-state index contributed by atoms with van der Waals surface area (Å²) in [5.74, 6) is 0.0786. The van der Waals surface area contributed by atoms with Gasteiger partial charge in [-0.25, -0.2) is 4.98 Å². The smallest absolute Gasteiger partial charge is 0.265 e. The molecule has 2 aromatic carbocycles. The number of carbonyl (C=O) groups excluding carboxylic acids is 2. The van der Waals surface area contributed by atoms with Gasteiger partial charge in [0, 0.05) is 16.6 Å². The Morgan fingerprint density at radius 2 is 2.07 bits per heavy atom. The van der Waals surface area contributed by atoms with E-state index in [0.29, 0.717) is 11.4 Å². The number of benzene rings is 2. The van der Waals surface area contributed by atoms with Crippen LogP contribution >= 0.6 is 11.3 Å². The molecule has 148 valence electrons. The zero-order chi connectivity index (χ0) is 20.5. The van der Waals surface area contributed by atoms with Crippen molar-refractivity contribution in [3.63, 3.8) is 0 Å². The van der Waals surface area contributed by atoms with Crippen molar-refractivity contribution in [2.24, 2.45) is 0 Å². The number of ether oxygens (including phenoxy) is 1. The molecule has 1 N–H and O–H groups in total. The van der Waals surface area contributed by atoms with E-state index in [9.17, 15) is 9.59 Å². The van der Waals surface area contributed by atoms with Gasteiger partial charge in [0.2, 0.25) is 5.91 Å². The van der Waals surface area contributed by atoms with Crippen molar-refractivity contribution in [3.8, 4) is 17.0 Å². The first kappa shape index (κ1) is 19.1.